The first-order valence-corrected chi connectivity index (χ1v) is 11.8. The van der Waals surface area contributed by atoms with Crippen LogP contribution in [0.25, 0.3) is 22.0 Å². The van der Waals surface area contributed by atoms with Gasteiger partial charge in [-0.05, 0) is 73.8 Å². The SMILES string of the molecule is Cn1cc(-c2cc([S+]([O-])C3CCCC3)ccc2NCC2CC2)c2cc[nH]c2c1=O. The smallest absolute Gasteiger partial charge is 0.274 e. The molecule has 0 spiro atoms. The molecule has 29 heavy (non-hydrogen) atoms. The number of anilines is 1. The van der Waals surface area contributed by atoms with Crippen LogP contribution in [0.4, 0.5) is 5.69 Å². The van der Waals surface area contributed by atoms with Crippen LogP contribution in [0.3, 0.4) is 0 Å². The quantitative estimate of drug-likeness (QED) is 0.593. The second kappa shape index (κ2) is 7.58. The van der Waals surface area contributed by atoms with Crippen molar-refractivity contribution in [2.24, 2.45) is 13.0 Å². The monoisotopic (exact) mass is 409 g/mol. The Hall–Kier alpha value is -2.18. The van der Waals surface area contributed by atoms with Crippen LogP contribution >= 0.6 is 0 Å². The van der Waals surface area contributed by atoms with Crippen molar-refractivity contribution in [3.8, 4) is 11.1 Å². The molecule has 0 radical (unpaired) electrons. The van der Waals surface area contributed by atoms with Crippen molar-refractivity contribution in [3.05, 3.63) is 47.0 Å². The number of rotatable bonds is 6. The van der Waals surface area contributed by atoms with Crippen LogP contribution in [0.1, 0.15) is 38.5 Å². The van der Waals surface area contributed by atoms with Gasteiger partial charge in [0.05, 0.1) is 0 Å². The topological polar surface area (TPSA) is 72.9 Å². The summed E-state index contributed by atoms with van der Waals surface area (Å²) in [6.07, 6.45) is 10.7. The Morgan fingerprint density at radius 3 is 2.72 bits per heavy atom. The molecular weight excluding hydrogens is 382 g/mol. The van der Waals surface area contributed by atoms with E-state index in [1.807, 2.05) is 24.5 Å². The van der Waals surface area contributed by atoms with Gasteiger partial charge in [-0.25, -0.2) is 0 Å². The molecule has 0 saturated heterocycles. The highest BCUT2D eigenvalue weighted by Crippen LogP contribution is 2.38. The molecule has 5 rings (SSSR count). The van der Waals surface area contributed by atoms with E-state index in [0.717, 1.165) is 52.4 Å². The molecule has 2 fully saturated rings. The normalized spacial score (nSPS) is 18.4. The number of nitrogens with zero attached hydrogens (tertiary/aromatic N) is 1. The molecule has 2 heterocycles. The summed E-state index contributed by atoms with van der Waals surface area (Å²) in [5, 5.41) is 4.78. The molecule has 2 aliphatic rings. The van der Waals surface area contributed by atoms with Gasteiger partial charge >= 0.3 is 0 Å². The minimum atomic E-state index is -0.989. The molecule has 5 nitrogen and oxygen atoms in total. The van der Waals surface area contributed by atoms with Gasteiger partial charge in [-0.1, -0.05) is 0 Å². The van der Waals surface area contributed by atoms with E-state index in [-0.39, 0.29) is 10.8 Å². The van der Waals surface area contributed by atoms with Gasteiger partial charge in [0.25, 0.3) is 5.56 Å². The molecule has 1 atom stereocenters. The number of fused-ring (bicyclic) bond motifs is 1. The number of pyridine rings is 1. The molecule has 1 aromatic carbocycles. The van der Waals surface area contributed by atoms with Crippen molar-refractivity contribution in [3.63, 3.8) is 0 Å². The Bertz CT molecular complexity index is 1090. The standard InChI is InChI=1S/C23H27N3O2S/c1-26-14-20(18-10-11-24-22(18)23(26)27)19-12-17(29(28)16-4-2-3-5-16)8-9-21(19)25-13-15-6-7-15/h8-12,14-16,24-25H,2-7,13H2,1H3. The van der Waals surface area contributed by atoms with Gasteiger partial charge in [-0.2, -0.15) is 0 Å². The molecule has 0 aliphatic heterocycles. The lowest BCUT2D eigenvalue weighted by Gasteiger charge is -2.20. The lowest BCUT2D eigenvalue weighted by molar-refractivity contribution is 0.579. The van der Waals surface area contributed by atoms with Gasteiger partial charge in [0.15, 0.2) is 4.90 Å². The highest BCUT2D eigenvalue weighted by atomic mass is 32.2. The van der Waals surface area contributed by atoms with E-state index in [0.29, 0.717) is 5.52 Å². The van der Waals surface area contributed by atoms with Crippen molar-refractivity contribution < 1.29 is 4.55 Å². The van der Waals surface area contributed by atoms with E-state index in [9.17, 15) is 9.35 Å². The average molecular weight is 410 g/mol. The van der Waals surface area contributed by atoms with Crippen molar-refractivity contribution in [1.29, 1.82) is 0 Å². The zero-order valence-electron chi connectivity index (χ0n) is 16.7. The Kier molecular flexibility index (Phi) is 4.92. The highest BCUT2D eigenvalue weighted by molar-refractivity contribution is 7.92. The number of aromatic nitrogens is 2. The zero-order chi connectivity index (χ0) is 20.0. The first-order valence-electron chi connectivity index (χ1n) is 10.6. The fourth-order valence-corrected chi connectivity index (χ4v) is 5.96. The van der Waals surface area contributed by atoms with Crippen LogP contribution in [0.15, 0.2) is 46.3 Å². The summed E-state index contributed by atoms with van der Waals surface area (Å²) in [4.78, 5) is 16.5. The van der Waals surface area contributed by atoms with E-state index in [1.54, 1.807) is 11.6 Å². The first-order chi connectivity index (χ1) is 14.1. The lowest BCUT2D eigenvalue weighted by Crippen LogP contribution is -2.18. The Labute approximate surface area is 173 Å². The van der Waals surface area contributed by atoms with Crippen LogP contribution in [0, 0.1) is 5.92 Å². The third-order valence-corrected chi connectivity index (χ3v) is 8.09. The molecule has 0 bridgehead atoms. The number of aromatic amines is 1. The van der Waals surface area contributed by atoms with Crippen molar-refractivity contribution in [2.75, 3.05) is 11.9 Å². The van der Waals surface area contributed by atoms with Crippen LogP contribution in [0.5, 0.6) is 0 Å². The molecule has 2 aromatic heterocycles. The summed E-state index contributed by atoms with van der Waals surface area (Å²) < 4.78 is 14.8. The molecule has 2 aliphatic carbocycles. The minimum absolute atomic E-state index is 0.0353. The molecular formula is C23H27N3O2S. The average Bonchev–Trinajstić information content (AvgIpc) is 3.19. The second-order valence-corrected chi connectivity index (χ2v) is 10.2. The predicted octanol–water partition coefficient (Wildman–Crippen LogP) is 4.41. The summed E-state index contributed by atoms with van der Waals surface area (Å²) in [5.41, 5.74) is 3.64. The molecule has 6 heteroatoms. The summed E-state index contributed by atoms with van der Waals surface area (Å²) >= 11 is -0.989. The van der Waals surface area contributed by atoms with Gasteiger partial charge < -0.3 is 19.4 Å². The molecule has 3 aromatic rings. The number of nitrogens with one attached hydrogen (secondary N) is 2. The number of hydrogen-bond acceptors (Lipinski definition) is 3. The molecule has 0 amide bonds. The molecule has 2 saturated carbocycles. The third-order valence-electron chi connectivity index (χ3n) is 6.29. The maximum atomic E-state index is 13.2. The molecule has 1 unspecified atom stereocenters. The third kappa shape index (κ3) is 3.60. The Balaban J connectivity index is 1.62. The van der Waals surface area contributed by atoms with E-state index < -0.39 is 11.2 Å². The van der Waals surface area contributed by atoms with Gasteiger partial charge in [-0.3, -0.25) is 4.79 Å². The lowest BCUT2D eigenvalue weighted by atomic mass is 10.0. The van der Waals surface area contributed by atoms with Crippen molar-refractivity contribution in [2.45, 2.75) is 48.7 Å². The number of aryl methyl sites for hydroxylation is 1. The van der Waals surface area contributed by atoms with Crippen LogP contribution in [0.2, 0.25) is 0 Å². The van der Waals surface area contributed by atoms with Crippen LogP contribution in [-0.2, 0) is 18.2 Å². The van der Waals surface area contributed by atoms with E-state index in [1.165, 1.54) is 25.7 Å². The van der Waals surface area contributed by atoms with Crippen molar-refractivity contribution >= 4 is 27.8 Å². The zero-order valence-corrected chi connectivity index (χ0v) is 17.6. The largest absolute Gasteiger partial charge is 0.611 e. The number of H-pyrrole nitrogens is 1. The first kappa shape index (κ1) is 18.8. The maximum absolute atomic E-state index is 13.2. The van der Waals surface area contributed by atoms with Gasteiger partial charge in [-0.15, -0.1) is 0 Å². The fourth-order valence-electron chi connectivity index (χ4n) is 4.38. The fraction of sp³-hybridized carbons (Fsp3) is 0.435. The number of benzene rings is 1. The Morgan fingerprint density at radius 1 is 1.17 bits per heavy atom. The summed E-state index contributed by atoms with van der Waals surface area (Å²) in [6, 6.07) is 8.13. The van der Waals surface area contributed by atoms with E-state index in [2.05, 4.69) is 22.4 Å². The molecule has 152 valence electrons. The summed E-state index contributed by atoms with van der Waals surface area (Å²) in [7, 11) is 1.78. The minimum Gasteiger partial charge on any atom is -0.611 e. The van der Waals surface area contributed by atoms with Gasteiger partial charge in [0.2, 0.25) is 0 Å². The maximum Gasteiger partial charge on any atom is 0.274 e. The van der Waals surface area contributed by atoms with Crippen LogP contribution < -0.4 is 10.9 Å². The molecule has 2 N–H and O–H groups in total. The second-order valence-electron chi connectivity index (χ2n) is 8.46. The predicted molar refractivity (Wildman–Crippen MR) is 119 cm³/mol. The summed E-state index contributed by atoms with van der Waals surface area (Å²) in [6.45, 7) is 0.958. The summed E-state index contributed by atoms with van der Waals surface area (Å²) in [5.74, 6) is 0.752. The highest BCUT2D eigenvalue weighted by Gasteiger charge is 2.29. The van der Waals surface area contributed by atoms with Crippen molar-refractivity contribution in [1.82, 2.24) is 9.55 Å². The van der Waals surface area contributed by atoms with Gasteiger partial charge in [0, 0.05) is 54.3 Å². The van der Waals surface area contributed by atoms with E-state index in [4.69, 9.17) is 0 Å². The van der Waals surface area contributed by atoms with Gasteiger partial charge in [0.1, 0.15) is 10.8 Å². The van der Waals surface area contributed by atoms with Crippen LogP contribution in [-0.4, -0.2) is 25.9 Å². The Morgan fingerprint density at radius 2 is 1.97 bits per heavy atom. The number of hydrogen-bond donors (Lipinski definition) is 2. The van der Waals surface area contributed by atoms with E-state index >= 15 is 0 Å².